The van der Waals surface area contributed by atoms with Gasteiger partial charge in [-0.05, 0) is 72.2 Å². The number of rotatable bonds is 3. The molecule has 2 heteroatoms. The average molecular weight is 476 g/mol. The summed E-state index contributed by atoms with van der Waals surface area (Å²) in [6, 6.07) is 35.8. The van der Waals surface area contributed by atoms with E-state index in [0.717, 1.165) is 25.7 Å². The topological polar surface area (TPSA) is 7.94 Å². The highest BCUT2D eigenvalue weighted by Crippen LogP contribution is 2.41. The van der Waals surface area contributed by atoms with E-state index in [1.807, 2.05) is 0 Å². The summed E-state index contributed by atoms with van der Waals surface area (Å²) in [5, 5.41) is 3.91. The first-order chi connectivity index (χ1) is 18.4. The van der Waals surface area contributed by atoms with E-state index in [9.17, 15) is 0 Å². The van der Waals surface area contributed by atoms with E-state index in [4.69, 9.17) is 0 Å². The number of hydrogen-bond acceptors (Lipinski definition) is 0. The maximum absolute atomic E-state index is 2.50. The molecule has 0 unspecified atom stereocenters. The normalized spacial score (nSPS) is 15.6. The molecular weight excluding hydrogens is 448 g/mol. The Balaban J connectivity index is 1.35. The van der Waals surface area contributed by atoms with Crippen LogP contribution in [0.2, 0.25) is 0 Å². The van der Waals surface area contributed by atoms with Crippen molar-refractivity contribution in [3.63, 3.8) is 0 Å². The Labute approximate surface area is 216 Å². The van der Waals surface area contributed by atoms with Crippen LogP contribution in [0.4, 0.5) is 0 Å². The van der Waals surface area contributed by atoms with Gasteiger partial charge in [-0.25, -0.2) is 0 Å². The largest absolute Gasteiger partial charge is 0.258 e. The number of benzene rings is 4. The van der Waals surface area contributed by atoms with Crippen LogP contribution in [0.5, 0.6) is 0 Å². The highest BCUT2D eigenvalue weighted by atomic mass is 15.5. The van der Waals surface area contributed by atoms with Gasteiger partial charge in [0.1, 0.15) is 10.7 Å². The summed E-state index contributed by atoms with van der Waals surface area (Å²) in [7, 11) is 0. The zero-order chi connectivity index (χ0) is 24.3. The van der Waals surface area contributed by atoms with E-state index in [1.54, 1.807) is 0 Å². The Morgan fingerprint density at radius 3 is 2.35 bits per heavy atom. The van der Waals surface area contributed by atoms with Crippen LogP contribution in [0.3, 0.4) is 0 Å². The van der Waals surface area contributed by atoms with E-state index in [0.29, 0.717) is 0 Å². The van der Waals surface area contributed by atoms with Crippen LogP contribution < -0.4 is 15.3 Å². The third-order valence-electron chi connectivity index (χ3n) is 8.15. The fourth-order valence-corrected chi connectivity index (χ4v) is 6.45. The first kappa shape index (κ1) is 20.7. The van der Waals surface area contributed by atoms with E-state index < -0.39 is 0 Å². The summed E-state index contributed by atoms with van der Waals surface area (Å²) in [5.41, 5.74) is 12.1. The monoisotopic (exact) mass is 475 g/mol. The summed E-state index contributed by atoms with van der Waals surface area (Å²) in [6.07, 6.45) is 11.3. The molecule has 0 saturated heterocycles. The average Bonchev–Trinajstić information content (AvgIpc) is 3.29. The second kappa shape index (κ2) is 8.04. The predicted octanol–water partition coefficient (Wildman–Crippen LogP) is 6.26. The van der Waals surface area contributed by atoms with Gasteiger partial charge in [0.25, 0.3) is 11.1 Å². The van der Waals surface area contributed by atoms with Gasteiger partial charge >= 0.3 is 0 Å². The molecule has 1 aromatic heterocycles. The molecule has 2 aliphatic carbocycles. The van der Waals surface area contributed by atoms with Gasteiger partial charge in [0.15, 0.2) is 0 Å². The van der Waals surface area contributed by atoms with Gasteiger partial charge in [0, 0.05) is 17.0 Å². The standard InChI is InChI=1S/C35H27N2/c1-2-10-24(11-3-1)25-18-20-27(21-19-25)35-30-15-7-9-17-32(30)37(35)36-31-16-8-6-14-29(31)34-28-13-5-4-12-26(28)22-23-33(34)36/h2,4-21H,1,3,22-23H2/q+1. The quantitative estimate of drug-likeness (QED) is 0.272. The summed E-state index contributed by atoms with van der Waals surface area (Å²) in [4.78, 5) is 0. The van der Waals surface area contributed by atoms with Gasteiger partial charge in [-0.3, -0.25) is 0 Å². The SMILES string of the molecule is C1=CC(c2ccc(C3=c4ccccc4=[N+]3n3c4c(c5ccccc53)-c3ccccc3CC4)cc2)=CCC1. The number of aryl methyl sites for hydroxylation is 1. The van der Waals surface area contributed by atoms with Crippen molar-refractivity contribution in [2.24, 2.45) is 0 Å². The minimum atomic E-state index is 1.03. The van der Waals surface area contributed by atoms with Crippen LogP contribution >= 0.6 is 0 Å². The summed E-state index contributed by atoms with van der Waals surface area (Å²) < 4.78 is 4.96. The molecule has 2 heterocycles. The van der Waals surface area contributed by atoms with Crippen molar-refractivity contribution in [3.05, 3.63) is 148 Å². The maximum atomic E-state index is 2.50. The first-order valence-electron chi connectivity index (χ1n) is 13.3. The van der Waals surface area contributed by atoms with Crippen LogP contribution in [0, 0.1) is 0 Å². The molecule has 4 aromatic carbocycles. The first-order valence-corrected chi connectivity index (χ1v) is 13.3. The van der Waals surface area contributed by atoms with Crippen molar-refractivity contribution in [1.29, 1.82) is 0 Å². The molecule has 0 spiro atoms. The fourth-order valence-electron chi connectivity index (χ4n) is 6.45. The Hall–Kier alpha value is -4.43. The van der Waals surface area contributed by atoms with Gasteiger partial charge in [0.2, 0.25) is 0 Å². The fraction of sp³-hybridized carbons (Fsp3) is 0.114. The van der Waals surface area contributed by atoms with Crippen molar-refractivity contribution in [3.8, 4) is 11.1 Å². The minimum absolute atomic E-state index is 1.03. The van der Waals surface area contributed by atoms with Crippen molar-refractivity contribution in [1.82, 2.24) is 9.36 Å². The molecule has 1 aliphatic heterocycles. The summed E-state index contributed by atoms with van der Waals surface area (Å²) in [5.74, 6) is 0. The lowest BCUT2D eigenvalue weighted by atomic mass is 9.88. The Bertz CT molecular complexity index is 1910. The Kier molecular flexibility index (Phi) is 4.51. The molecule has 8 rings (SSSR count). The number of allylic oxidation sites excluding steroid dienone is 4. The smallest absolute Gasteiger partial charge is 0.118 e. The van der Waals surface area contributed by atoms with Gasteiger partial charge in [-0.1, -0.05) is 89.6 Å². The molecule has 176 valence electrons. The zero-order valence-corrected chi connectivity index (χ0v) is 20.7. The molecule has 0 radical (unpaired) electrons. The lowest BCUT2D eigenvalue weighted by molar-refractivity contribution is 0.574. The molecule has 5 aromatic rings. The molecule has 0 fully saturated rings. The van der Waals surface area contributed by atoms with E-state index in [1.165, 1.54) is 66.3 Å². The number of hydrogen-bond donors (Lipinski definition) is 0. The van der Waals surface area contributed by atoms with Crippen LogP contribution in [-0.4, -0.2) is 4.68 Å². The molecule has 37 heavy (non-hydrogen) atoms. The molecular formula is C35H27N2+. The number of nitrogens with zero attached hydrogens (tertiary/aromatic N) is 2. The second-order valence-electron chi connectivity index (χ2n) is 10.2. The number of aromatic nitrogens is 1. The third-order valence-corrected chi connectivity index (χ3v) is 8.15. The van der Waals surface area contributed by atoms with Gasteiger partial charge in [-0.15, -0.1) is 4.68 Å². The van der Waals surface area contributed by atoms with Crippen LogP contribution in [0.25, 0.3) is 33.3 Å². The zero-order valence-electron chi connectivity index (χ0n) is 20.7. The maximum Gasteiger partial charge on any atom is 0.258 e. The highest BCUT2D eigenvalue weighted by Gasteiger charge is 2.36. The van der Waals surface area contributed by atoms with Gasteiger partial charge in [0.05, 0.1) is 11.3 Å². The predicted molar refractivity (Wildman–Crippen MR) is 152 cm³/mol. The molecule has 0 atom stereocenters. The summed E-state index contributed by atoms with van der Waals surface area (Å²) in [6.45, 7) is 0. The third kappa shape index (κ3) is 3.02. The Morgan fingerprint density at radius 1 is 0.676 bits per heavy atom. The van der Waals surface area contributed by atoms with E-state index in [2.05, 4.69) is 125 Å². The molecule has 2 nitrogen and oxygen atoms in total. The van der Waals surface area contributed by atoms with Crippen LogP contribution in [0.15, 0.2) is 115 Å². The van der Waals surface area contributed by atoms with E-state index >= 15 is 0 Å². The number of para-hydroxylation sites is 2. The van der Waals surface area contributed by atoms with Crippen molar-refractivity contribution < 1.29 is 0 Å². The molecule has 0 N–H and O–H groups in total. The molecule has 0 amide bonds. The lowest BCUT2D eigenvalue weighted by Crippen LogP contribution is -2.54. The molecule has 3 aliphatic rings. The highest BCUT2D eigenvalue weighted by molar-refractivity contribution is 6.00. The van der Waals surface area contributed by atoms with Gasteiger partial charge in [-0.2, -0.15) is 0 Å². The van der Waals surface area contributed by atoms with E-state index in [-0.39, 0.29) is 0 Å². The summed E-state index contributed by atoms with van der Waals surface area (Å²) >= 11 is 0. The van der Waals surface area contributed by atoms with Crippen molar-refractivity contribution in [2.45, 2.75) is 25.7 Å². The van der Waals surface area contributed by atoms with Crippen LogP contribution in [0.1, 0.15) is 35.2 Å². The van der Waals surface area contributed by atoms with Crippen molar-refractivity contribution >= 4 is 22.2 Å². The number of fused-ring (bicyclic) bond motifs is 6. The molecule has 0 bridgehead atoms. The molecule has 0 saturated carbocycles. The lowest BCUT2D eigenvalue weighted by Gasteiger charge is -2.20. The van der Waals surface area contributed by atoms with Gasteiger partial charge < -0.3 is 0 Å². The minimum Gasteiger partial charge on any atom is -0.118 e. The van der Waals surface area contributed by atoms with Crippen LogP contribution in [-0.2, 0) is 12.8 Å². The Morgan fingerprint density at radius 2 is 1.46 bits per heavy atom. The second-order valence-corrected chi connectivity index (χ2v) is 10.2. The van der Waals surface area contributed by atoms with Crippen molar-refractivity contribution in [2.75, 3.05) is 0 Å².